The van der Waals surface area contributed by atoms with E-state index in [0.29, 0.717) is 0 Å². The van der Waals surface area contributed by atoms with Gasteiger partial charge in [-0.3, -0.25) is 0 Å². The smallest absolute Gasteiger partial charge is 0.231 e. The van der Waals surface area contributed by atoms with E-state index in [1.807, 2.05) is 48.7 Å². The third-order valence-electron chi connectivity index (χ3n) is 2.86. The highest BCUT2D eigenvalue weighted by atomic mass is 16.7. The van der Waals surface area contributed by atoms with Crippen molar-refractivity contribution in [3.63, 3.8) is 0 Å². The number of para-hydroxylation sites is 1. The van der Waals surface area contributed by atoms with E-state index in [1.54, 1.807) is 4.73 Å². The number of nitrogens with zero attached hydrogens (tertiary/aromatic N) is 1. The number of aryl methyl sites for hydroxylation is 1. The monoisotopic (exact) mass is 236 g/mol. The molecule has 0 aliphatic carbocycles. The zero-order chi connectivity index (χ0) is 12.4. The molecule has 0 unspecified atom stereocenters. The number of aromatic nitrogens is 1. The average molecular weight is 236 g/mol. The molecule has 0 spiro atoms. The van der Waals surface area contributed by atoms with Crippen LogP contribution in [-0.2, 0) is 0 Å². The maximum absolute atomic E-state index is 5.89. The second-order valence-electron chi connectivity index (χ2n) is 4.30. The van der Waals surface area contributed by atoms with Gasteiger partial charge >= 0.3 is 0 Å². The Morgan fingerprint density at radius 1 is 0.889 bits per heavy atom. The van der Waals surface area contributed by atoms with Crippen molar-refractivity contribution < 1.29 is 9.57 Å². The van der Waals surface area contributed by atoms with Gasteiger partial charge in [0.25, 0.3) is 5.52 Å². The highest BCUT2D eigenvalue weighted by Gasteiger charge is 2.10. The first kappa shape index (κ1) is 10.8. The van der Waals surface area contributed by atoms with Crippen LogP contribution >= 0.6 is 0 Å². The molecule has 2 aromatic carbocycles. The number of rotatable bonds is 2. The van der Waals surface area contributed by atoms with Crippen molar-refractivity contribution >= 4 is 10.9 Å². The molecule has 0 fully saturated rings. The normalized spacial score (nSPS) is 10.5. The Hall–Kier alpha value is -2.35. The van der Waals surface area contributed by atoms with Crippen LogP contribution in [0, 0.1) is 6.92 Å². The lowest BCUT2D eigenvalue weighted by molar-refractivity contribution is -0.854. The predicted octanol–water partition coefficient (Wildman–Crippen LogP) is 3.28. The molecule has 0 amide bonds. The van der Waals surface area contributed by atoms with E-state index in [9.17, 15) is 0 Å². The third kappa shape index (κ3) is 2.05. The summed E-state index contributed by atoms with van der Waals surface area (Å²) in [5.74, 6) is 0.844. The molecule has 0 atom stereocenters. The van der Waals surface area contributed by atoms with Gasteiger partial charge in [-0.05, 0) is 36.8 Å². The van der Waals surface area contributed by atoms with Gasteiger partial charge in [-0.2, -0.15) is 0 Å². The lowest BCUT2D eigenvalue weighted by atomic mass is 10.2. The Kier molecular flexibility index (Phi) is 2.69. The van der Waals surface area contributed by atoms with E-state index < -0.39 is 0 Å². The van der Waals surface area contributed by atoms with Crippen molar-refractivity contribution in [1.82, 2.24) is 0 Å². The quantitative estimate of drug-likeness (QED) is 0.622. The number of hydrogen-bond acceptors (Lipinski definition) is 1. The summed E-state index contributed by atoms with van der Waals surface area (Å²) in [6.45, 7) is 2.06. The Balaban J connectivity index is 2.05. The molecule has 0 saturated carbocycles. The van der Waals surface area contributed by atoms with Crippen molar-refractivity contribution in [1.29, 1.82) is 0 Å². The lowest BCUT2D eigenvalue weighted by Crippen LogP contribution is -2.39. The molecule has 18 heavy (non-hydrogen) atoms. The summed E-state index contributed by atoms with van der Waals surface area (Å²) in [6.07, 6.45) is 1.92. The Morgan fingerprint density at radius 2 is 1.72 bits per heavy atom. The number of pyridine rings is 1. The molecule has 0 N–H and O–H groups in total. The maximum Gasteiger partial charge on any atom is 0.265 e. The van der Waals surface area contributed by atoms with Crippen molar-refractivity contribution in [2.75, 3.05) is 0 Å². The predicted molar refractivity (Wildman–Crippen MR) is 71.3 cm³/mol. The molecule has 1 aromatic heterocycles. The molecular weight excluding hydrogens is 222 g/mol. The van der Waals surface area contributed by atoms with Crippen LogP contribution in [-0.4, -0.2) is 0 Å². The van der Waals surface area contributed by atoms with Gasteiger partial charge in [0.2, 0.25) is 11.9 Å². The van der Waals surface area contributed by atoms with Gasteiger partial charge in [-0.15, -0.1) is 0 Å². The first-order valence-electron chi connectivity index (χ1n) is 5.97. The summed E-state index contributed by atoms with van der Waals surface area (Å²) in [7, 11) is 0. The van der Waals surface area contributed by atoms with E-state index in [4.69, 9.17) is 4.84 Å². The van der Waals surface area contributed by atoms with E-state index in [2.05, 4.69) is 25.1 Å². The van der Waals surface area contributed by atoms with Crippen LogP contribution in [0.25, 0.3) is 10.9 Å². The van der Waals surface area contributed by atoms with Gasteiger partial charge in [0, 0.05) is 16.9 Å². The molecule has 0 bridgehead atoms. The van der Waals surface area contributed by atoms with Crippen LogP contribution in [0.3, 0.4) is 0 Å². The summed E-state index contributed by atoms with van der Waals surface area (Å²) >= 11 is 0. The summed E-state index contributed by atoms with van der Waals surface area (Å²) in [5, 5.41) is 1.16. The molecule has 0 aliphatic heterocycles. The van der Waals surface area contributed by atoms with E-state index >= 15 is 0 Å². The van der Waals surface area contributed by atoms with Crippen LogP contribution in [0.2, 0.25) is 0 Å². The molecule has 0 saturated heterocycles. The van der Waals surface area contributed by atoms with Gasteiger partial charge in [-0.25, -0.2) is 4.84 Å². The summed E-state index contributed by atoms with van der Waals surface area (Å²) < 4.78 is 1.80. The zero-order valence-corrected chi connectivity index (χ0v) is 10.2. The third-order valence-corrected chi connectivity index (χ3v) is 2.86. The van der Waals surface area contributed by atoms with Gasteiger partial charge in [-0.1, -0.05) is 24.3 Å². The van der Waals surface area contributed by atoms with Crippen LogP contribution < -0.4 is 9.57 Å². The molecule has 88 valence electrons. The fourth-order valence-corrected chi connectivity index (χ4v) is 2.00. The molecule has 3 aromatic rings. The van der Waals surface area contributed by atoms with Gasteiger partial charge in [0.05, 0.1) is 5.39 Å². The molecule has 2 heteroatoms. The highest BCUT2D eigenvalue weighted by Crippen LogP contribution is 2.13. The van der Waals surface area contributed by atoms with Crippen LogP contribution in [0.4, 0.5) is 0 Å². The molecule has 0 aliphatic rings. The second-order valence-corrected chi connectivity index (χ2v) is 4.30. The minimum Gasteiger partial charge on any atom is -0.231 e. The lowest BCUT2D eigenvalue weighted by Gasteiger charge is -2.01. The fourth-order valence-electron chi connectivity index (χ4n) is 2.00. The average Bonchev–Trinajstić information content (AvgIpc) is 2.39. The van der Waals surface area contributed by atoms with Crippen LogP contribution in [0.15, 0.2) is 66.9 Å². The molecular formula is C16H14NO+. The summed E-state index contributed by atoms with van der Waals surface area (Å²) in [6, 6.07) is 20.3. The van der Waals surface area contributed by atoms with Gasteiger partial charge in [0.15, 0.2) is 0 Å². The minimum absolute atomic E-state index is 0.844. The molecule has 3 rings (SSSR count). The Morgan fingerprint density at radius 3 is 2.61 bits per heavy atom. The number of benzene rings is 2. The van der Waals surface area contributed by atoms with E-state index in [0.717, 1.165) is 16.7 Å². The summed E-state index contributed by atoms with van der Waals surface area (Å²) in [5.41, 5.74) is 2.25. The van der Waals surface area contributed by atoms with Crippen molar-refractivity contribution in [3.05, 3.63) is 72.4 Å². The Bertz CT molecular complexity index is 686. The number of fused-ring (bicyclic) bond motifs is 1. The largest absolute Gasteiger partial charge is 0.265 e. The van der Waals surface area contributed by atoms with Crippen molar-refractivity contribution in [2.24, 2.45) is 0 Å². The molecule has 2 nitrogen and oxygen atoms in total. The first-order valence-corrected chi connectivity index (χ1v) is 5.97. The van der Waals surface area contributed by atoms with E-state index in [1.165, 1.54) is 5.56 Å². The minimum atomic E-state index is 0.844. The zero-order valence-electron chi connectivity index (χ0n) is 10.2. The second kappa shape index (κ2) is 4.49. The van der Waals surface area contributed by atoms with Crippen LogP contribution in [0.1, 0.15) is 5.56 Å². The molecule has 1 heterocycles. The molecule has 0 radical (unpaired) electrons. The van der Waals surface area contributed by atoms with Crippen molar-refractivity contribution in [2.45, 2.75) is 6.92 Å². The summed E-state index contributed by atoms with van der Waals surface area (Å²) in [4.78, 5) is 5.89. The van der Waals surface area contributed by atoms with Crippen LogP contribution in [0.5, 0.6) is 5.75 Å². The topological polar surface area (TPSA) is 13.1 Å². The Labute approximate surface area is 106 Å². The highest BCUT2D eigenvalue weighted by molar-refractivity contribution is 5.74. The van der Waals surface area contributed by atoms with Gasteiger partial charge in [0.1, 0.15) is 0 Å². The fraction of sp³-hybridized carbons (Fsp3) is 0.0625. The van der Waals surface area contributed by atoms with E-state index in [-0.39, 0.29) is 0 Å². The van der Waals surface area contributed by atoms with Crippen molar-refractivity contribution in [3.8, 4) is 5.75 Å². The standard InChI is InChI=1S/C16H14NO/c1-13-6-4-9-15(12-13)18-17-11-5-8-14-7-2-3-10-16(14)17/h2-12H,1H3/q+1. The van der Waals surface area contributed by atoms with Gasteiger partial charge < -0.3 is 0 Å². The number of hydrogen-bond donors (Lipinski definition) is 0. The first-order chi connectivity index (χ1) is 8.83. The maximum atomic E-state index is 5.89. The SMILES string of the molecule is Cc1cccc(O[n+]2cccc3ccccc32)c1.